The lowest BCUT2D eigenvalue weighted by molar-refractivity contribution is -0.189. The van der Waals surface area contributed by atoms with E-state index >= 15 is 0 Å². The van der Waals surface area contributed by atoms with Crippen LogP contribution in [0.5, 0.6) is 0 Å². The summed E-state index contributed by atoms with van der Waals surface area (Å²) in [6, 6.07) is 0. The van der Waals surface area contributed by atoms with Crippen molar-refractivity contribution in [3.63, 3.8) is 0 Å². The molecule has 0 aromatic heterocycles. The molecule has 0 heterocycles. The molecule has 2 saturated carbocycles. The van der Waals surface area contributed by atoms with E-state index in [9.17, 15) is 18.0 Å². The fraction of sp³-hybridized carbons (Fsp3) is 0.933. The quantitative estimate of drug-likeness (QED) is 0.673. The summed E-state index contributed by atoms with van der Waals surface area (Å²) in [6.07, 6.45) is 0.260. The molecule has 0 saturated heterocycles. The van der Waals surface area contributed by atoms with Gasteiger partial charge in [-0.25, -0.2) is 0 Å². The monoisotopic (exact) mass is 296 g/mol. The minimum atomic E-state index is -4.10. The van der Waals surface area contributed by atoms with Crippen molar-refractivity contribution >= 4 is 5.97 Å². The normalized spacial score (nSPS) is 35.6. The minimum absolute atomic E-state index is 0. The van der Waals surface area contributed by atoms with Crippen LogP contribution in [0.25, 0.3) is 0 Å². The minimum Gasteiger partial charge on any atom is -0.462 e. The van der Waals surface area contributed by atoms with Gasteiger partial charge in [0, 0.05) is 2.85 Å². The van der Waals surface area contributed by atoms with Crippen LogP contribution in [0, 0.1) is 17.8 Å². The zero-order chi connectivity index (χ0) is 14.8. The van der Waals surface area contributed by atoms with Gasteiger partial charge in [-0.3, -0.25) is 4.79 Å². The van der Waals surface area contributed by atoms with Crippen molar-refractivity contribution in [2.75, 3.05) is 0 Å². The number of rotatable bonds is 2. The number of carbonyl (C=O) groups is 1. The molecule has 2 nitrogen and oxygen atoms in total. The average molecular weight is 296 g/mol. The van der Waals surface area contributed by atoms with E-state index in [1.165, 1.54) is 0 Å². The maximum absolute atomic E-state index is 12.6. The molecule has 0 bridgehead atoms. The third-order valence-electron chi connectivity index (χ3n) is 4.77. The number of carbonyl (C=O) groups excluding carboxylic acids is 1. The summed E-state index contributed by atoms with van der Waals surface area (Å²) >= 11 is 0. The van der Waals surface area contributed by atoms with Crippen molar-refractivity contribution in [1.82, 2.24) is 0 Å². The van der Waals surface area contributed by atoms with Crippen LogP contribution in [0.3, 0.4) is 0 Å². The van der Waals surface area contributed by atoms with Gasteiger partial charge in [0.2, 0.25) is 0 Å². The molecule has 0 aliphatic heterocycles. The summed E-state index contributed by atoms with van der Waals surface area (Å²) in [5.41, 5.74) is 0. The van der Waals surface area contributed by atoms with Crippen LogP contribution in [0.1, 0.15) is 61.1 Å². The van der Waals surface area contributed by atoms with Gasteiger partial charge in [-0.1, -0.05) is 6.92 Å². The van der Waals surface area contributed by atoms with Gasteiger partial charge in [0.15, 0.2) is 0 Å². The first kappa shape index (κ1) is 15.6. The highest BCUT2D eigenvalue weighted by Crippen LogP contribution is 2.38. The van der Waals surface area contributed by atoms with Crippen LogP contribution in [0.15, 0.2) is 0 Å². The fourth-order valence-corrected chi connectivity index (χ4v) is 3.26. The Labute approximate surface area is 121 Å². The van der Waals surface area contributed by atoms with Gasteiger partial charge in [-0.2, -0.15) is 13.2 Å². The van der Waals surface area contributed by atoms with Crippen molar-refractivity contribution in [2.45, 2.75) is 70.6 Å². The first-order valence-corrected chi connectivity index (χ1v) is 7.63. The maximum Gasteiger partial charge on any atom is 0.391 e. The second kappa shape index (κ2) is 6.35. The molecule has 0 atom stereocenters. The molecular weight excluding hydrogens is 269 g/mol. The van der Waals surface area contributed by atoms with Crippen molar-refractivity contribution < 1.29 is 25.6 Å². The van der Waals surface area contributed by atoms with E-state index in [2.05, 4.69) is 6.92 Å². The molecule has 2 fully saturated rings. The molecule has 0 spiro atoms. The Morgan fingerprint density at radius 3 is 2.05 bits per heavy atom. The number of hydrogen-bond donors (Lipinski definition) is 0. The van der Waals surface area contributed by atoms with Crippen molar-refractivity contribution in [3.8, 4) is 0 Å². The Bertz CT molecular complexity index is 334. The number of alkyl halides is 3. The summed E-state index contributed by atoms with van der Waals surface area (Å²) < 4.78 is 43.1. The highest BCUT2D eigenvalue weighted by atomic mass is 19.4. The molecule has 0 radical (unpaired) electrons. The smallest absolute Gasteiger partial charge is 0.391 e. The zero-order valence-corrected chi connectivity index (χ0v) is 11.9. The van der Waals surface area contributed by atoms with E-state index in [0.29, 0.717) is 18.8 Å². The zero-order valence-electron chi connectivity index (χ0n) is 11.9. The summed E-state index contributed by atoms with van der Waals surface area (Å²) in [4.78, 5) is 12.0. The Balaban J connectivity index is 0.00000220. The van der Waals surface area contributed by atoms with E-state index in [1.54, 1.807) is 0 Å². The molecule has 0 unspecified atom stereocenters. The molecule has 20 heavy (non-hydrogen) atoms. The van der Waals surface area contributed by atoms with Crippen LogP contribution < -0.4 is 0 Å². The van der Waals surface area contributed by atoms with Gasteiger partial charge in [-0.15, -0.1) is 0 Å². The Morgan fingerprint density at radius 2 is 1.55 bits per heavy atom. The van der Waals surface area contributed by atoms with Gasteiger partial charge >= 0.3 is 12.1 Å². The Morgan fingerprint density at radius 1 is 1.00 bits per heavy atom. The van der Waals surface area contributed by atoms with Crippen molar-refractivity contribution in [1.29, 1.82) is 0 Å². The summed E-state index contributed by atoms with van der Waals surface area (Å²) in [5, 5.41) is 0. The number of halogens is 3. The van der Waals surface area contributed by atoms with Gasteiger partial charge in [-0.05, 0) is 57.3 Å². The predicted octanol–water partition coefficient (Wildman–Crippen LogP) is 4.97. The topological polar surface area (TPSA) is 26.3 Å². The molecule has 2 aliphatic carbocycles. The molecule has 0 aromatic carbocycles. The summed E-state index contributed by atoms with van der Waals surface area (Å²) in [6.45, 7) is 2.18. The third kappa shape index (κ3) is 4.13. The first-order chi connectivity index (χ1) is 9.36. The van der Waals surface area contributed by atoms with E-state index in [1.807, 2.05) is 0 Å². The standard InChI is InChI=1S/C15H23F3O2.2H2/c1-10-2-4-11(5-3-10)14(19)20-13-8-6-12(7-9-13)15(16,17)18;;/h10-13H,2-9H2,1H3;2*1H. The molecule has 0 amide bonds. The lowest BCUT2D eigenvalue weighted by atomic mass is 9.83. The number of esters is 1. The Kier molecular flexibility index (Phi) is 4.97. The van der Waals surface area contributed by atoms with E-state index < -0.39 is 12.1 Å². The molecule has 0 aromatic rings. The third-order valence-corrected chi connectivity index (χ3v) is 4.77. The lowest BCUT2D eigenvalue weighted by Gasteiger charge is -2.31. The Hall–Kier alpha value is -0.740. The van der Waals surface area contributed by atoms with Crippen LogP contribution >= 0.6 is 0 Å². The van der Waals surface area contributed by atoms with Gasteiger partial charge in [0.05, 0.1) is 11.8 Å². The predicted molar refractivity (Wildman–Crippen MR) is 73.2 cm³/mol. The van der Waals surface area contributed by atoms with Gasteiger partial charge < -0.3 is 4.74 Å². The van der Waals surface area contributed by atoms with Gasteiger partial charge in [0.25, 0.3) is 0 Å². The highest BCUT2D eigenvalue weighted by Gasteiger charge is 2.42. The second-order valence-electron chi connectivity index (χ2n) is 6.41. The molecular formula is C15H27F3O2. The van der Waals surface area contributed by atoms with E-state index in [0.717, 1.165) is 25.7 Å². The van der Waals surface area contributed by atoms with Crippen LogP contribution in [0.4, 0.5) is 13.2 Å². The van der Waals surface area contributed by atoms with Crippen molar-refractivity contribution in [3.05, 3.63) is 0 Å². The average Bonchev–Trinajstić information content (AvgIpc) is 2.39. The maximum atomic E-state index is 12.6. The lowest BCUT2D eigenvalue weighted by Crippen LogP contribution is -2.33. The van der Waals surface area contributed by atoms with E-state index in [4.69, 9.17) is 4.74 Å². The largest absolute Gasteiger partial charge is 0.462 e. The summed E-state index contributed by atoms with van der Waals surface area (Å²) in [5.74, 6) is -0.770. The van der Waals surface area contributed by atoms with Crippen LogP contribution in [-0.2, 0) is 9.53 Å². The second-order valence-corrected chi connectivity index (χ2v) is 6.41. The number of ether oxygens (including phenoxy) is 1. The SMILES string of the molecule is CC1CCC(C(=O)OC2CCC(C(F)(F)F)CC2)CC1.[HH].[HH]. The molecule has 2 rings (SSSR count). The molecule has 0 N–H and O–H groups in total. The molecule has 2 aliphatic rings. The first-order valence-electron chi connectivity index (χ1n) is 7.63. The summed E-state index contributed by atoms with van der Waals surface area (Å²) in [7, 11) is 0. The van der Waals surface area contributed by atoms with E-state index in [-0.39, 0.29) is 33.7 Å². The molecule has 5 heteroatoms. The van der Waals surface area contributed by atoms with Crippen molar-refractivity contribution in [2.24, 2.45) is 17.8 Å². The molecule has 120 valence electrons. The number of hydrogen-bond acceptors (Lipinski definition) is 2. The van der Waals surface area contributed by atoms with Gasteiger partial charge in [0.1, 0.15) is 6.10 Å². The highest BCUT2D eigenvalue weighted by molar-refractivity contribution is 5.72. The fourth-order valence-electron chi connectivity index (χ4n) is 3.26. The van der Waals surface area contributed by atoms with Crippen LogP contribution in [-0.4, -0.2) is 18.2 Å². The van der Waals surface area contributed by atoms with Crippen LogP contribution in [0.2, 0.25) is 0 Å².